The predicted molar refractivity (Wildman–Crippen MR) is 54.0 cm³/mol. The molecule has 0 radical (unpaired) electrons. The third-order valence-corrected chi connectivity index (χ3v) is 1.82. The smallest absolute Gasteiger partial charge is 0.0994 e. The van der Waals surface area contributed by atoms with E-state index in [2.05, 4.69) is 6.07 Å². The predicted octanol–water partition coefficient (Wildman–Crippen LogP) is 1.84. The number of benzene rings is 1. The van der Waals surface area contributed by atoms with Crippen molar-refractivity contribution >= 4 is 6.08 Å². The van der Waals surface area contributed by atoms with Gasteiger partial charge in [-0.3, -0.25) is 0 Å². The topological polar surface area (TPSA) is 49.8 Å². The molecule has 0 aliphatic heterocycles. The molecule has 0 fully saturated rings. The highest BCUT2D eigenvalue weighted by molar-refractivity contribution is 5.53. The normalized spacial score (nSPS) is 10.2. The maximum atomic E-state index is 8.70. The molecule has 0 heterocycles. The van der Waals surface area contributed by atoms with E-state index in [0.29, 0.717) is 6.54 Å². The van der Waals surface area contributed by atoms with Crippen LogP contribution in [0.4, 0.5) is 0 Å². The second kappa shape index (κ2) is 4.44. The molecule has 2 nitrogen and oxygen atoms in total. The molecule has 13 heavy (non-hydrogen) atoms. The van der Waals surface area contributed by atoms with Crippen LogP contribution in [0.25, 0.3) is 6.08 Å². The monoisotopic (exact) mass is 172 g/mol. The van der Waals surface area contributed by atoms with Crippen LogP contribution < -0.4 is 5.73 Å². The maximum absolute atomic E-state index is 8.70. The van der Waals surface area contributed by atoms with E-state index in [1.165, 1.54) is 0 Å². The van der Waals surface area contributed by atoms with Gasteiger partial charge in [0, 0.05) is 6.54 Å². The molecule has 0 aliphatic carbocycles. The molecule has 0 aliphatic rings. The van der Waals surface area contributed by atoms with Crippen LogP contribution in [-0.4, -0.2) is 6.54 Å². The minimum absolute atomic E-state index is 0.541. The summed E-state index contributed by atoms with van der Waals surface area (Å²) in [6.45, 7) is 2.47. The van der Waals surface area contributed by atoms with Crippen LogP contribution in [-0.2, 0) is 0 Å². The number of hydrogen-bond donors (Lipinski definition) is 1. The van der Waals surface area contributed by atoms with E-state index in [1.807, 2.05) is 37.3 Å². The highest BCUT2D eigenvalue weighted by Crippen LogP contribution is 2.10. The maximum Gasteiger partial charge on any atom is 0.0994 e. The fraction of sp³-hybridized carbons (Fsp3) is 0.182. The Kier molecular flexibility index (Phi) is 3.24. The van der Waals surface area contributed by atoms with Gasteiger partial charge in [-0.05, 0) is 24.1 Å². The van der Waals surface area contributed by atoms with Gasteiger partial charge >= 0.3 is 0 Å². The Balaban J connectivity index is 2.97. The Morgan fingerprint density at radius 1 is 1.54 bits per heavy atom. The van der Waals surface area contributed by atoms with E-state index >= 15 is 0 Å². The van der Waals surface area contributed by atoms with Crippen molar-refractivity contribution in [1.29, 1.82) is 5.26 Å². The van der Waals surface area contributed by atoms with Crippen LogP contribution in [0.15, 0.2) is 24.3 Å². The van der Waals surface area contributed by atoms with Crippen molar-refractivity contribution in [3.63, 3.8) is 0 Å². The molecule has 0 aromatic heterocycles. The number of hydrogen-bond acceptors (Lipinski definition) is 2. The Labute approximate surface area is 78.3 Å². The van der Waals surface area contributed by atoms with Crippen molar-refractivity contribution in [2.24, 2.45) is 5.73 Å². The van der Waals surface area contributed by atoms with Crippen LogP contribution in [0.3, 0.4) is 0 Å². The molecule has 0 spiro atoms. The Hall–Kier alpha value is -1.59. The first kappa shape index (κ1) is 9.50. The van der Waals surface area contributed by atoms with Gasteiger partial charge in [-0.25, -0.2) is 0 Å². The van der Waals surface area contributed by atoms with Crippen molar-refractivity contribution in [1.82, 2.24) is 0 Å². The Bertz CT molecular complexity index is 359. The van der Waals surface area contributed by atoms with Crippen LogP contribution in [0.5, 0.6) is 0 Å². The second-order valence-electron chi connectivity index (χ2n) is 2.82. The van der Waals surface area contributed by atoms with Gasteiger partial charge in [0.2, 0.25) is 0 Å². The number of nitriles is 1. The average molecular weight is 172 g/mol. The first-order valence-corrected chi connectivity index (χ1v) is 4.15. The van der Waals surface area contributed by atoms with Crippen molar-refractivity contribution in [3.8, 4) is 6.07 Å². The zero-order valence-electron chi connectivity index (χ0n) is 7.62. The molecular weight excluding hydrogens is 160 g/mol. The third-order valence-electron chi connectivity index (χ3n) is 1.82. The molecule has 1 rings (SSSR count). The zero-order chi connectivity index (χ0) is 9.68. The lowest BCUT2D eigenvalue weighted by atomic mass is 10.1. The second-order valence-corrected chi connectivity index (χ2v) is 2.82. The molecule has 0 amide bonds. The van der Waals surface area contributed by atoms with Gasteiger partial charge in [0.1, 0.15) is 0 Å². The number of nitrogens with zero attached hydrogens (tertiary/aromatic N) is 1. The molecule has 0 saturated carbocycles. The summed E-state index contributed by atoms with van der Waals surface area (Å²) in [5.41, 5.74) is 8.14. The van der Waals surface area contributed by atoms with Gasteiger partial charge < -0.3 is 5.73 Å². The molecular formula is C11H12N2. The summed E-state index contributed by atoms with van der Waals surface area (Å²) in [5.74, 6) is 0. The van der Waals surface area contributed by atoms with Crippen molar-refractivity contribution in [2.75, 3.05) is 6.54 Å². The van der Waals surface area contributed by atoms with Gasteiger partial charge in [-0.1, -0.05) is 24.3 Å². The molecule has 0 unspecified atom stereocenters. The van der Waals surface area contributed by atoms with Crippen LogP contribution >= 0.6 is 0 Å². The van der Waals surface area contributed by atoms with E-state index < -0.39 is 0 Å². The summed E-state index contributed by atoms with van der Waals surface area (Å²) in [4.78, 5) is 0. The minimum atomic E-state index is 0.541. The lowest BCUT2D eigenvalue weighted by Crippen LogP contribution is -1.92. The van der Waals surface area contributed by atoms with Crippen molar-refractivity contribution in [3.05, 3.63) is 41.0 Å². The van der Waals surface area contributed by atoms with Crippen LogP contribution in [0, 0.1) is 18.3 Å². The van der Waals surface area contributed by atoms with E-state index in [-0.39, 0.29) is 0 Å². The Morgan fingerprint density at radius 3 is 2.85 bits per heavy atom. The Morgan fingerprint density at radius 2 is 2.31 bits per heavy atom. The number of aryl methyl sites for hydroxylation is 1. The largest absolute Gasteiger partial charge is 0.327 e. The highest BCUT2D eigenvalue weighted by Gasteiger charge is 1.95. The summed E-state index contributed by atoms with van der Waals surface area (Å²) in [5, 5.41) is 8.70. The van der Waals surface area contributed by atoms with Gasteiger partial charge in [-0.2, -0.15) is 5.26 Å². The highest BCUT2D eigenvalue weighted by atomic mass is 14.5. The van der Waals surface area contributed by atoms with Crippen LogP contribution in [0.1, 0.15) is 16.7 Å². The van der Waals surface area contributed by atoms with Gasteiger partial charge in [0.25, 0.3) is 0 Å². The van der Waals surface area contributed by atoms with E-state index in [0.717, 1.165) is 16.7 Å². The molecule has 0 bridgehead atoms. The summed E-state index contributed by atoms with van der Waals surface area (Å²) >= 11 is 0. The van der Waals surface area contributed by atoms with E-state index in [4.69, 9.17) is 11.0 Å². The summed E-state index contributed by atoms with van der Waals surface area (Å²) < 4.78 is 0. The van der Waals surface area contributed by atoms with Crippen molar-refractivity contribution < 1.29 is 0 Å². The van der Waals surface area contributed by atoms with E-state index in [1.54, 1.807) is 0 Å². The first-order valence-electron chi connectivity index (χ1n) is 4.15. The zero-order valence-corrected chi connectivity index (χ0v) is 7.62. The third kappa shape index (κ3) is 2.43. The molecule has 66 valence electrons. The lowest BCUT2D eigenvalue weighted by Gasteiger charge is -1.98. The summed E-state index contributed by atoms with van der Waals surface area (Å²) in [7, 11) is 0. The molecule has 1 aromatic rings. The SMILES string of the molecule is Cc1cc(C=CCN)ccc1C#N. The van der Waals surface area contributed by atoms with Crippen LogP contribution in [0.2, 0.25) is 0 Å². The quantitative estimate of drug-likeness (QED) is 0.740. The molecule has 0 saturated heterocycles. The number of rotatable bonds is 2. The fourth-order valence-electron chi connectivity index (χ4n) is 1.12. The van der Waals surface area contributed by atoms with Crippen molar-refractivity contribution in [2.45, 2.75) is 6.92 Å². The fourth-order valence-corrected chi connectivity index (χ4v) is 1.12. The first-order chi connectivity index (χ1) is 6.27. The number of nitrogens with two attached hydrogens (primary N) is 1. The van der Waals surface area contributed by atoms with Gasteiger partial charge in [-0.15, -0.1) is 0 Å². The summed E-state index contributed by atoms with van der Waals surface area (Å²) in [6.07, 6.45) is 3.84. The minimum Gasteiger partial charge on any atom is -0.327 e. The lowest BCUT2D eigenvalue weighted by molar-refractivity contribution is 1.26. The summed E-state index contributed by atoms with van der Waals surface area (Å²) in [6, 6.07) is 7.85. The average Bonchev–Trinajstić information content (AvgIpc) is 2.15. The molecule has 1 aromatic carbocycles. The molecule has 2 N–H and O–H groups in total. The molecule has 0 atom stereocenters. The molecule has 2 heteroatoms. The standard InChI is InChI=1S/C11H12N2/c1-9-7-10(3-2-6-12)4-5-11(9)8-13/h2-5,7H,6,12H2,1H3. The van der Waals surface area contributed by atoms with E-state index in [9.17, 15) is 0 Å². The van der Waals surface area contributed by atoms with Gasteiger partial charge in [0.15, 0.2) is 0 Å². The van der Waals surface area contributed by atoms with Gasteiger partial charge in [0.05, 0.1) is 11.6 Å².